The van der Waals surface area contributed by atoms with Crippen molar-refractivity contribution in [3.8, 4) is 0 Å². The number of ether oxygens (including phenoxy) is 1. The van der Waals surface area contributed by atoms with Crippen LogP contribution in [-0.4, -0.2) is 52.9 Å². The quantitative estimate of drug-likeness (QED) is 0.271. The molecule has 0 saturated carbocycles. The Hall–Kier alpha value is -3.10. The summed E-state index contributed by atoms with van der Waals surface area (Å²) in [5, 5.41) is 5.60. The van der Waals surface area contributed by atoms with Gasteiger partial charge in [0, 0.05) is 12.6 Å². The van der Waals surface area contributed by atoms with Crippen LogP contribution in [0.25, 0.3) is 0 Å². The lowest BCUT2D eigenvalue weighted by molar-refractivity contribution is -0.143. The third-order valence-electron chi connectivity index (χ3n) is 6.16. The number of alkyl carbamates (subject to hydrolysis) is 1. The molecule has 9 nitrogen and oxygen atoms in total. The Morgan fingerprint density at radius 3 is 2.08 bits per heavy atom. The number of hydrogen-bond acceptors (Lipinski definition) is 5. The molecule has 0 bridgehead atoms. The predicted octanol–water partition coefficient (Wildman–Crippen LogP) is 4.83. The Morgan fingerprint density at radius 1 is 0.949 bits per heavy atom. The van der Waals surface area contributed by atoms with Crippen LogP contribution in [0, 0.1) is 13.8 Å². The molecule has 39 heavy (non-hydrogen) atoms. The van der Waals surface area contributed by atoms with Crippen molar-refractivity contribution in [3.05, 3.63) is 34.9 Å². The molecule has 0 saturated heterocycles. The molecule has 1 aromatic carbocycles. The van der Waals surface area contributed by atoms with Gasteiger partial charge in [0.25, 0.3) is 0 Å². The van der Waals surface area contributed by atoms with Gasteiger partial charge in [0.15, 0.2) is 0 Å². The van der Waals surface area contributed by atoms with Crippen LogP contribution in [0.1, 0.15) is 109 Å². The van der Waals surface area contributed by atoms with Crippen LogP contribution in [0.5, 0.6) is 0 Å². The fourth-order valence-electron chi connectivity index (χ4n) is 4.59. The number of nitrogens with zero attached hydrogens (tertiary/aromatic N) is 1. The number of nitrogens with one attached hydrogen (secondary N) is 2. The van der Waals surface area contributed by atoms with Crippen molar-refractivity contribution in [3.63, 3.8) is 0 Å². The van der Waals surface area contributed by atoms with Crippen LogP contribution in [0.15, 0.2) is 18.2 Å². The van der Waals surface area contributed by atoms with Crippen molar-refractivity contribution < 1.29 is 23.9 Å². The molecule has 0 aliphatic heterocycles. The maximum atomic E-state index is 14.1. The number of hydrogen-bond donors (Lipinski definition) is 3. The number of nitrogens with two attached hydrogens (primary N) is 1. The van der Waals surface area contributed by atoms with Gasteiger partial charge in [0.2, 0.25) is 17.7 Å². The number of rotatable bonds is 15. The Morgan fingerprint density at radius 2 is 1.56 bits per heavy atom. The van der Waals surface area contributed by atoms with Crippen molar-refractivity contribution in [2.75, 3.05) is 6.54 Å². The van der Waals surface area contributed by atoms with Gasteiger partial charge >= 0.3 is 6.09 Å². The van der Waals surface area contributed by atoms with Gasteiger partial charge in [0.05, 0.1) is 6.42 Å². The van der Waals surface area contributed by atoms with Crippen LogP contribution < -0.4 is 16.4 Å². The standard InChI is InChI=1S/C30H50N4O5/c1-9-11-12-13-15-34(28(37)24(19-25(31)35)33-29(38)39-30(6,7)8)26(27(36)32-22(5)14-10-2)23-17-20(3)16-21(4)18-23/h16-18,22,24,26H,9-15,19H2,1-8H3,(H2,31,35)(H,32,36)(H,33,38). The van der Waals surface area contributed by atoms with E-state index in [4.69, 9.17) is 10.5 Å². The second-order valence-electron chi connectivity index (χ2n) is 11.5. The number of carbonyl (C=O) groups is 4. The van der Waals surface area contributed by atoms with E-state index in [-0.39, 0.29) is 18.5 Å². The van der Waals surface area contributed by atoms with Gasteiger partial charge in [-0.1, -0.05) is 68.9 Å². The molecule has 4 amide bonds. The minimum atomic E-state index is -1.28. The van der Waals surface area contributed by atoms with E-state index in [0.29, 0.717) is 12.0 Å². The van der Waals surface area contributed by atoms with Gasteiger partial charge in [0.1, 0.15) is 17.7 Å². The fourth-order valence-corrected chi connectivity index (χ4v) is 4.59. The largest absolute Gasteiger partial charge is 0.444 e. The van der Waals surface area contributed by atoms with Crippen LogP contribution >= 0.6 is 0 Å². The summed E-state index contributed by atoms with van der Waals surface area (Å²) in [6, 6.07) is 3.49. The Labute approximate surface area is 234 Å². The van der Waals surface area contributed by atoms with E-state index in [1.54, 1.807) is 20.8 Å². The third kappa shape index (κ3) is 12.5. The van der Waals surface area contributed by atoms with E-state index in [1.807, 2.05) is 45.9 Å². The molecule has 0 aliphatic carbocycles. The van der Waals surface area contributed by atoms with E-state index in [0.717, 1.165) is 43.2 Å². The molecule has 9 heteroatoms. The summed E-state index contributed by atoms with van der Waals surface area (Å²) in [4.78, 5) is 54.0. The maximum Gasteiger partial charge on any atom is 0.408 e. The number of primary amides is 1. The number of benzene rings is 1. The number of amides is 4. The molecule has 0 heterocycles. The second kappa shape index (κ2) is 16.1. The van der Waals surface area contributed by atoms with Crippen LogP contribution in [0.4, 0.5) is 4.79 Å². The zero-order valence-electron chi connectivity index (χ0n) is 25.2. The van der Waals surface area contributed by atoms with Gasteiger partial charge in [-0.3, -0.25) is 14.4 Å². The highest BCUT2D eigenvalue weighted by Crippen LogP contribution is 2.26. The average Bonchev–Trinajstić information content (AvgIpc) is 2.78. The smallest absolute Gasteiger partial charge is 0.408 e. The van der Waals surface area contributed by atoms with E-state index >= 15 is 0 Å². The first-order chi connectivity index (χ1) is 18.2. The van der Waals surface area contributed by atoms with Gasteiger partial charge in [-0.25, -0.2) is 4.79 Å². The van der Waals surface area contributed by atoms with E-state index < -0.39 is 42.0 Å². The van der Waals surface area contributed by atoms with Gasteiger partial charge in [-0.15, -0.1) is 0 Å². The molecule has 4 N–H and O–H groups in total. The molecule has 1 rings (SSSR count). The maximum absolute atomic E-state index is 14.1. The fraction of sp³-hybridized carbons (Fsp3) is 0.667. The summed E-state index contributed by atoms with van der Waals surface area (Å²) < 4.78 is 5.34. The first-order valence-corrected chi connectivity index (χ1v) is 14.1. The SMILES string of the molecule is CCCCCCN(C(=O)C(CC(N)=O)NC(=O)OC(C)(C)C)C(C(=O)NC(C)CCC)c1cc(C)cc(C)c1. The molecule has 3 unspecified atom stereocenters. The number of carbonyl (C=O) groups excluding carboxylic acids is 4. The molecule has 0 fully saturated rings. The summed E-state index contributed by atoms with van der Waals surface area (Å²) in [5.41, 5.74) is 7.27. The Bertz CT molecular complexity index is 952. The first kappa shape index (κ1) is 33.9. The van der Waals surface area contributed by atoms with Crippen LogP contribution in [-0.2, 0) is 19.1 Å². The van der Waals surface area contributed by atoms with Crippen molar-refractivity contribution in [2.24, 2.45) is 5.73 Å². The van der Waals surface area contributed by atoms with Crippen molar-refractivity contribution in [1.29, 1.82) is 0 Å². The molecular formula is C30H50N4O5. The van der Waals surface area contributed by atoms with Crippen LogP contribution in [0.3, 0.4) is 0 Å². The van der Waals surface area contributed by atoms with E-state index in [1.165, 1.54) is 4.90 Å². The highest BCUT2D eigenvalue weighted by Gasteiger charge is 2.37. The van der Waals surface area contributed by atoms with Crippen molar-refractivity contribution in [1.82, 2.24) is 15.5 Å². The second-order valence-corrected chi connectivity index (χ2v) is 11.5. The highest BCUT2D eigenvalue weighted by molar-refractivity contribution is 5.94. The lowest BCUT2D eigenvalue weighted by Gasteiger charge is -2.35. The lowest BCUT2D eigenvalue weighted by Crippen LogP contribution is -2.54. The summed E-state index contributed by atoms with van der Waals surface area (Å²) in [5.74, 6) is -1.61. The summed E-state index contributed by atoms with van der Waals surface area (Å²) in [6.45, 7) is 15.4. The molecule has 220 valence electrons. The molecule has 0 radical (unpaired) electrons. The normalized spacial score (nSPS) is 13.6. The van der Waals surface area contributed by atoms with Crippen molar-refractivity contribution in [2.45, 2.75) is 124 Å². The molecule has 1 aromatic rings. The lowest BCUT2D eigenvalue weighted by atomic mass is 9.97. The molecular weight excluding hydrogens is 496 g/mol. The van der Waals surface area contributed by atoms with Gasteiger partial charge in [-0.2, -0.15) is 0 Å². The van der Waals surface area contributed by atoms with E-state index in [9.17, 15) is 19.2 Å². The molecule has 0 aromatic heterocycles. The Kier molecular flexibility index (Phi) is 14.0. The molecule has 0 spiro atoms. The monoisotopic (exact) mass is 546 g/mol. The average molecular weight is 547 g/mol. The zero-order chi connectivity index (χ0) is 29.8. The summed E-state index contributed by atoms with van der Waals surface area (Å²) in [7, 11) is 0. The van der Waals surface area contributed by atoms with E-state index in [2.05, 4.69) is 17.6 Å². The van der Waals surface area contributed by atoms with Gasteiger partial charge < -0.3 is 26.0 Å². The summed E-state index contributed by atoms with van der Waals surface area (Å²) >= 11 is 0. The molecule has 3 atom stereocenters. The third-order valence-corrected chi connectivity index (χ3v) is 6.16. The Balaban J connectivity index is 3.58. The first-order valence-electron chi connectivity index (χ1n) is 14.1. The highest BCUT2D eigenvalue weighted by atomic mass is 16.6. The van der Waals surface area contributed by atoms with Crippen LogP contribution in [0.2, 0.25) is 0 Å². The minimum Gasteiger partial charge on any atom is -0.444 e. The summed E-state index contributed by atoms with van der Waals surface area (Å²) in [6.07, 6.45) is 3.96. The predicted molar refractivity (Wildman–Crippen MR) is 154 cm³/mol. The minimum absolute atomic E-state index is 0.0887. The number of unbranched alkanes of at least 4 members (excludes halogenated alkanes) is 3. The zero-order valence-corrected chi connectivity index (χ0v) is 25.2. The number of aryl methyl sites for hydroxylation is 2. The molecule has 0 aliphatic rings. The topological polar surface area (TPSA) is 131 Å². The van der Waals surface area contributed by atoms with Gasteiger partial charge in [-0.05, 0) is 59.9 Å². The van der Waals surface area contributed by atoms with Crippen molar-refractivity contribution >= 4 is 23.8 Å².